The molecule has 0 atom stereocenters. The van der Waals surface area contributed by atoms with E-state index in [9.17, 15) is 9.59 Å². The number of nitrogens with one attached hydrogen (secondary N) is 1. The summed E-state index contributed by atoms with van der Waals surface area (Å²) in [4.78, 5) is 24.5. The third kappa shape index (κ3) is 4.02. The number of esters is 1. The molecule has 3 rings (SSSR count). The first-order valence-corrected chi connectivity index (χ1v) is 8.72. The van der Waals surface area contributed by atoms with Crippen LogP contribution in [-0.4, -0.2) is 18.5 Å². The SMILES string of the molecule is O=C(COC(=O)C1(c2ccccc2)CCC1)NCc1cccc(Cl)c1. The van der Waals surface area contributed by atoms with Gasteiger partial charge in [0.15, 0.2) is 6.61 Å². The van der Waals surface area contributed by atoms with Crippen molar-refractivity contribution in [3.8, 4) is 0 Å². The van der Waals surface area contributed by atoms with Crippen molar-refractivity contribution in [2.75, 3.05) is 6.61 Å². The highest BCUT2D eigenvalue weighted by Gasteiger charge is 2.47. The number of ether oxygens (including phenoxy) is 1. The zero-order chi connectivity index (χ0) is 17.7. The smallest absolute Gasteiger partial charge is 0.317 e. The number of amides is 1. The Kier molecular flexibility index (Phi) is 5.39. The van der Waals surface area contributed by atoms with Crippen LogP contribution in [0.2, 0.25) is 5.02 Å². The molecular weight excluding hydrogens is 338 g/mol. The van der Waals surface area contributed by atoms with E-state index in [0.29, 0.717) is 11.6 Å². The maximum absolute atomic E-state index is 12.6. The molecule has 1 amide bonds. The molecule has 0 saturated heterocycles. The summed E-state index contributed by atoms with van der Waals surface area (Å²) in [7, 11) is 0. The molecule has 1 aliphatic carbocycles. The molecule has 1 fully saturated rings. The zero-order valence-electron chi connectivity index (χ0n) is 13.8. The van der Waals surface area contributed by atoms with Crippen LogP contribution in [-0.2, 0) is 26.3 Å². The van der Waals surface area contributed by atoms with Gasteiger partial charge in [0.25, 0.3) is 5.91 Å². The monoisotopic (exact) mass is 357 g/mol. The van der Waals surface area contributed by atoms with Gasteiger partial charge in [-0.25, -0.2) is 0 Å². The van der Waals surface area contributed by atoms with Gasteiger partial charge >= 0.3 is 5.97 Å². The van der Waals surface area contributed by atoms with Crippen molar-refractivity contribution >= 4 is 23.5 Å². The first-order valence-electron chi connectivity index (χ1n) is 8.34. The van der Waals surface area contributed by atoms with Crippen LogP contribution >= 0.6 is 11.6 Å². The summed E-state index contributed by atoms with van der Waals surface area (Å²) in [5.41, 5.74) is 1.27. The van der Waals surface area contributed by atoms with Crippen molar-refractivity contribution in [2.24, 2.45) is 0 Å². The fourth-order valence-electron chi connectivity index (χ4n) is 3.07. The number of halogens is 1. The molecule has 0 radical (unpaired) electrons. The van der Waals surface area contributed by atoms with Gasteiger partial charge in [0.1, 0.15) is 0 Å². The van der Waals surface area contributed by atoms with Gasteiger partial charge in [-0.3, -0.25) is 9.59 Å². The predicted molar refractivity (Wildman–Crippen MR) is 96.2 cm³/mol. The van der Waals surface area contributed by atoms with Gasteiger partial charge in [0.2, 0.25) is 0 Å². The number of hydrogen-bond acceptors (Lipinski definition) is 3. The van der Waals surface area contributed by atoms with Crippen molar-refractivity contribution in [3.63, 3.8) is 0 Å². The lowest BCUT2D eigenvalue weighted by atomic mass is 9.64. The number of carbonyl (C=O) groups excluding carboxylic acids is 2. The van der Waals surface area contributed by atoms with E-state index in [1.165, 1.54) is 0 Å². The molecule has 1 saturated carbocycles. The number of hydrogen-bond donors (Lipinski definition) is 1. The number of carbonyl (C=O) groups is 2. The Balaban J connectivity index is 1.52. The van der Waals surface area contributed by atoms with Crippen molar-refractivity contribution < 1.29 is 14.3 Å². The molecule has 0 heterocycles. The zero-order valence-corrected chi connectivity index (χ0v) is 14.6. The number of rotatable bonds is 6. The highest BCUT2D eigenvalue weighted by Crippen LogP contribution is 2.44. The molecule has 2 aromatic rings. The van der Waals surface area contributed by atoms with Gasteiger partial charge in [-0.05, 0) is 36.1 Å². The molecule has 25 heavy (non-hydrogen) atoms. The molecular formula is C20H20ClNO3. The van der Waals surface area contributed by atoms with Gasteiger partial charge in [0, 0.05) is 11.6 Å². The van der Waals surface area contributed by atoms with Crippen LogP contribution in [0.3, 0.4) is 0 Å². The van der Waals surface area contributed by atoms with E-state index >= 15 is 0 Å². The Labute approximate surface area is 152 Å². The molecule has 1 N–H and O–H groups in total. The normalized spacial score (nSPS) is 15.1. The van der Waals surface area contributed by atoms with Crippen molar-refractivity contribution in [2.45, 2.75) is 31.2 Å². The fourth-order valence-corrected chi connectivity index (χ4v) is 3.28. The minimum Gasteiger partial charge on any atom is -0.455 e. The Bertz CT molecular complexity index is 757. The molecule has 0 unspecified atom stereocenters. The van der Waals surface area contributed by atoms with Crippen LogP contribution in [0.5, 0.6) is 0 Å². The highest BCUT2D eigenvalue weighted by molar-refractivity contribution is 6.30. The van der Waals surface area contributed by atoms with E-state index in [2.05, 4.69) is 5.32 Å². The Morgan fingerprint density at radius 3 is 2.48 bits per heavy atom. The van der Waals surface area contributed by atoms with Gasteiger partial charge in [-0.2, -0.15) is 0 Å². The molecule has 2 aromatic carbocycles. The predicted octanol–water partition coefficient (Wildman–Crippen LogP) is 3.62. The molecule has 1 aliphatic rings. The molecule has 130 valence electrons. The van der Waals surface area contributed by atoms with Crippen LogP contribution in [0.15, 0.2) is 54.6 Å². The van der Waals surface area contributed by atoms with Crippen molar-refractivity contribution in [1.29, 1.82) is 0 Å². The molecule has 0 aromatic heterocycles. The molecule has 0 aliphatic heterocycles. The van der Waals surface area contributed by atoms with Crippen LogP contribution in [0.1, 0.15) is 30.4 Å². The quantitative estimate of drug-likeness (QED) is 0.803. The topological polar surface area (TPSA) is 55.4 Å². The summed E-state index contributed by atoms with van der Waals surface area (Å²) in [6.07, 6.45) is 2.52. The van der Waals surface area contributed by atoms with E-state index in [4.69, 9.17) is 16.3 Å². The molecule has 0 spiro atoms. The summed E-state index contributed by atoms with van der Waals surface area (Å²) in [6, 6.07) is 16.9. The van der Waals surface area contributed by atoms with Gasteiger partial charge in [-0.1, -0.05) is 60.5 Å². The third-order valence-corrected chi connectivity index (χ3v) is 4.87. The molecule has 5 heteroatoms. The average molecular weight is 358 g/mol. The summed E-state index contributed by atoms with van der Waals surface area (Å²) in [6.45, 7) is 0.0781. The lowest BCUT2D eigenvalue weighted by molar-refractivity contribution is -0.157. The van der Waals surface area contributed by atoms with E-state index < -0.39 is 5.41 Å². The van der Waals surface area contributed by atoms with Crippen LogP contribution < -0.4 is 5.32 Å². The van der Waals surface area contributed by atoms with Crippen molar-refractivity contribution in [3.05, 3.63) is 70.7 Å². The maximum Gasteiger partial charge on any atom is 0.317 e. The number of benzene rings is 2. The minimum atomic E-state index is -0.589. The lowest BCUT2D eigenvalue weighted by Gasteiger charge is -2.39. The van der Waals surface area contributed by atoms with Crippen LogP contribution in [0.4, 0.5) is 0 Å². The average Bonchev–Trinajstić information content (AvgIpc) is 2.58. The largest absolute Gasteiger partial charge is 0.455 e. The lowest BCUT2D eigenvalue weighted by Crippen LogP contribution is -2.44. The Hall–Kier alpha value is -2.33. The second kappa shape index (κ2) is 7.70. The molecule has 4 nitrogen and oxygen atoms in total. The van der Waals surface area contributed by atoms with Crippen molar-refractivity contribution in [1.82, 2.24) is 5.32 Å². The summed E-state index contributed by atoms with van der Waals surface area (Å²) >= 11 is 5.91. The summed E-state index contributed by atoms with van der Waals surface area (Å²) in [5, 5.41) is 3.35. The van der Waals surface area contributed by atoms with E-state index in [-0.39, 0.29) is 18.5 Å². The second-order valence-electron chi connectivity index (χ2n) is 6.28. The third-order valence-electron chi connectivity index (χ3n) is 4.64. The first kappa shape index (κ1) is 17.5. The van der Waals surface area contributed by atoms with E-state index in [1.54, 1.807) is 12.1 Å². The Morgan fingerprint density at radius 1 is 1.08 bits per heavy atom. The van der Waals surface area contributed by atoms with Gasteiger partial charge in [0.05, 0.1) is 5.41 Å². The standard InChI is InChI=1S/C20H20ClNO3/c21-17-9-4-6-15(12-17)13-22-18(23)14-25-19(24)20(10-5-11-20)16-7-2-1-3-8-16/h1-4,6-9,12H,5,10-11,13-14H2,(H,22,23). The highest BCUT2D eigenvalue weighted by atomic mass is 35.5. The second-order valence-corrected chi connectivity index (χ2v) is 6.72. The summed E-state index contributed by atoms with van der Waals surface area (Å²) in [5.74, 6) is -0.640. The molecule has 0 bridgehead atoms. The van der Waals surface area contributed by atoms with E-state index in [1.807, 2.05) is 42.5 Å². The first-order chi connectivity index (χ1) is 12.1. The van der Waals surface area contributed by atoms with Gasteiger partial charge in [-0.15, -0.1) is 0 Å². The summed E-state index contributed by atoms with van der Waals surface area (Å²) < 4.78 is 5.30. The maximum atomic E-state index is 12.6. The minimum absolute atomic E-state index is 0.270. The fraction of sp³-hybridized carbons (Fsp3) is 0.300. The van der Waals surface area contributed by atoms with E-state index in [0.717, 1.165) is 30.4 Å². The van der Waals surface area contributed by atoms with Gasteiger partial charge < -0.3 is 10.1 Å². The van der Waals surface area contributed by atoms with Crippen LogP contribution in [0.25, 0.3) is 0 Å². The van der Waals surface area contributed by atoms with Crippen LogP contribution in [0, 0.1) is 0 Å². The Morgan fingerprint density at radius 2 is 1.84 bits per heavy atom.